The minimum atomic E-state index is 0.0113. The van der Waals surface area contributed by atoms with Crippen LogP contribution in [-0.2, 0) is 4.79 Å². The predicted molar refractivity (Wildman–Crippen MR) is 72.6 cm³/mol. The van der Waals surface area contributed by atoms with Crippen molar-refractivity contribution in [1.82, 2.24) is 5.32 Å². The topological polar surface area (TPSA) is 64.9 Å². The number of carbonyl (C=O) groups excluding carboxylic acids is 1. The zero-order chi connectivity index (χ0) is 13.5. The van der Waals surface area contributed by atoms with Crippen LogP contribution in [0, 0.1) is 11.3 Å². The fourth-order valence-corrected chi connectivity index (χ4v) is 1.65. The van der Waals surface area contributed by atoms with Crippen LogP contribution in [0.25, 0.3) is 0 Å². The van der Waals surface area contributed by atoms with Crippen LogP contribution in [-0.4, -0.2) is 18.5 Å². The van der Waals surface area contributed by atoms with Crippen LogP contribution in [0.15, 0.2) is 18.2 Å². The number of hydrogen-bond donors (Lipinski definition) is 2. The number of nitrogens with one attached hydrogen (secondary N) is 2. The van der Waals surface area contributed by atoms with Crippen LogP contribution in [0.3, 0.4) is 0 Å². The molecule has 0 aliphatic rings. The Bertz CT molecular complexity index is 466. The summed E-state index contributed by atoms with van der Waals surface area (Å²) in [7, 11) is 0. The second-order valence-electron chi connectivity index (χ2n) is 4.21. The van der Waals surface area contributed by atoms with E-state index >= 15 is 0 Å². The van der Waals surface area contributed by atoms with Crippen molar-refractivity contribution < 1.29 is 4.79 Å². The molecule has 0 radical (unpaired) electrons. The predicted octanol–water partition coefficient (Wildman–Crippen LogP) is 2.54. The molecule has 0 atom stereocenters. The van der Waals surface area contributed by atoms with Gasteiger partial charge in [0.2, 0.25) is 5.91 Å². The quantitative estimate of drug-likeness (QED) is 0.860. The van der Waals surface area contributed by atoms with Gasteiger partial charge in [0, 0.05) is 24.7 Å². The van der Waals surface area contributed by atoms with E-state index in [2.05, 4.69) is 10.6 Å². The maximum Gasteiger partial charge on any atom is 0.221 e. The maximum atomic E-state index is 11.4. The van der Waals surface area contributed by atoms with Crippen LogP contribution in [0.1, 0.15) is 25.8 Å². The van der Waals surface area contributed by atoms with Crippen molar-refractivity contribution in [2.45, 2.75) is 26.3 Å². The highest BCUT2D eigenvalue weighted by Crippen LogP contribution is 2.19. The fourth-order valence-electron chi connectivity index (χ4n) is 1.43. The van der Waals surface area contributed by atoms with Crippen LogP contribution >= 0.6 is 11.6 Å². The summed E-state index contributed by atoms with van der Waals surface area (Å²) in [4.78, 5) is 11.4. The number of amides is 1. The van der Waals surface area contributed by atoms with Gasteiger partial charge in [-0.2, -0.15) is 5.26 Å². The lowest BCUT2D eigenvalue weighted by atomic mass is 10.2. The fraction of sp³-hybridized carbons (Fsp3) is 0.385. The van der Waals surface area contributed by atoms with Gasteiger partial charge in [0.1, 0.15) is 6.07 Å². The molecule has 1 aromatic rings. The molecule has 0 aromatic heterocycles. The molecule has 0 aliphatic heterocycles. The first-order chi connectivity index (χ1) is 8.52. The maximum absolute atomic E-state index is 11.4. The van der Waals surface area contributed by atoms with Crippen molar-refractivity contribution in [2.75, 3.05) is 11.9 Å². The van der Waals surface area contributed by atoms with E-state index in [1.54, 1.807) is 18.2 Å². The van der Waals surface area contributed by atoms with Gasteiger partial charge in [-0.25, -0.2) is 0 Å². The first-order valence-electron chi connectivity index (χ1n) is 5.76. The third kappa shape index (κ3) is 4.64. The van der Waals surface area contributed by atoms with Gasteiger partial charge in [-0.05, 0) is 32.0 Å². The van der Waals surface area contributed by atoms with Gasteiger partial charge in [-0.1, -0.05) is 11.6 Å². The van der Waals surface area contributed by atoms with Gasteiger partial charge in [-0.3, -0.25) is 4.79 Å². The van der Waals surface area contributed by atoms with Gasteiger partial charge in [0.15, 0.2) is 0 Å². The highest BCUT2D eigenvalue weighted by Gasteiger charge is 2.04. The second kappa shape index (κ2) is 6.87. The zero-order valence-corrected chi connectivity index (χ0v) is 11.2. The van der Waals surface area contributed by atoms with Gasteiger partial charge < -0.3 is 10.6 Å². The van der Waals surface area contributed by atoms with E-state index in [0.29, 0.717) is 23.6 Å². The summed E-state index contributed by atoms with van der Waals surface area (Å²) in [6, 6.07) is 7.25. The minimum absolute atomic E-state index is 0.0113. The zero-order valence-electron chi connectivity index (χ0n) is 10.5. The number of halogens is 1. The standard InChI is InChI=1S/C13H16ClN3O/c1-9(2)17-13(18)5-6-16-11-4-3-10(8-15)12(14)7-11/h3-4,7,9,16H,5-6H2,1-2H3,(H,17,18). The Hall–Kier alpha value is -1.73. The van der Waals surface area contributed by atoms with E-state index in [9.17, 15) is 4.79 Å². The molecule has 0 unspecified atom stereocenters. The third-order valence-electron chi connectivity index (χ3n) is 2.22. The highest BCUT2D eigenvalue weighted by atomic mass is 35.5. The van der Waals surface area contributed by atoms with Crippen LogP contribution in [0.2, 0.25) is 5.02 Å². The molecule has 0 heterocycles. The number of anilines is 1. The monoisotopic (exact) mass is 265 g/mol. The molecule has 0 bridgehead atoms. The third-order valence-corrected chi connectivity index (χ3v) is 2.53. The molecule has 1 amide bonds. The van der Waals surface area contributed by atoms with Gasteiger partial charge in [0.25, 0.3) is 0 Å². The molecule has 1 rings (SSSR count). The molecule has 2 N–H and O–H groups in total. The second-order valence-corrected chi connectivity index (χ2v) is 4.61. The first-order valence-corrected chi connectivity index (χ1v) is 6.13. The summed E-state index contributed by atoms with van der Waals surface area (Å²) in [5.41, 5.74) is 1.25. The van der Waals surface area contributed by atoms with E-state index < -0.39 is 0 Å². The minimum Gasteiger partial charge on any atom is -0.384 e. The molecule has 4 nitrogen and oxygen atoms in total. The Morgan fingerprint density at radius 1 is 1.50 bits per heavy atom. The summed E-state index contributed by atoms with van der Waals surface area (Å²) < 4.78 is 0. The summed E-state index contributed by atoms with van der Waals surface area (Å²) in [6.07, 6.45) is 0.399. The van der Waals surface area contributed by atoms with E-state index in [1.807, 2.05) is 19.9 Å². The molecule has 96 valence electrons. The SMILES string of the molecule is CC(C)NC(=O)CCNc1ccc(C#N)c(Cl)c1. The largest absolute Gasteiger partial charge is 0.384 e. The first kappa shape index (κ1) is 14.3. The lowest BCUT2D eigenvalue weighted by Crippen LogP contribution is -2.31. The number of carbonyl (C=O) groups is 1. The Kier molecular flexibility index (Phi) is 5.47. The summed E-state index contributed by atoms with van der Waals surface area (Å²) >= 11 is 5.90. The van der Waals surface area contributed by atoms with E-state index in [0.717, 1.165) is 5.69 Å². The summed E-state index contributed by atoms with van der Waals surface area (Å²) in [5.74, 6) is 0.0113. The number of rotatable bonds is 5. The normalized spacial score (nSPS) is 9.94. The molecule has 18 heavy (non-hydrogen) atoms. The van der Waals surface area contributed by atoms with Gasteiger partial charge in [0.05, 0.1) is 10.6 Å². The van der Waals surface area contributed by atoms with Crippen molar-refractivity contribution in [3.8, 4) is 6.07 Å². The molecule has 1 aromatic carbocycles. The van der Waals surface area contributed by atoms with Crippen molar-refractivity contribution in [3.05, 3.63) is 28.8 Å². The highest BCUT2D eigenvalue weighted by molar-refractivity contribution is 6.32. The summed E-state index contributed by atoms with van der Waals surface area (Å²) in [5, 5.41) is 15.0. The van der Waals surface area contributed by atoms with Crippen LogP contribution < -0.4 is 10.6 Å². The van der Waals surface area contributed by atoms with Crippen LogP contribution in [0.4, 0.5) is 5.69 Å². The summed E-state index contributed by atoms with van der Waals surface area (Å²) in [6.45, 7) is 4.37. The molecular weight excluding hydrogens is 250 g/mol. The number of nitrogens with zero attached hydrogens (tertiary/aromatic N) is 1. The number of nitriles is 1. The smallest absolute Gasteiger partial charge is 0.221 e. The molecule has 0 spiro atoms. The average molecular weight is 266 g/mol. The van der Waals surface area contributed by atoms with Crippen molar-refractivity contribution in [2.24, 2.45) is 0 Å². The van der Waals surface area contributed by atoms with Gasteiger partial charge >= 0.3 is 0 Å². The number of hydrogen-bond acceptors (Lipinski definition) is 3. The Morgan fingerprint density at radius 2 is 2.22 bits per heavy atom. The Morgan fingerprint density at radius 3 is 2.78 bits per heavy atom. The van der Waals surface area contributed by atoms with Crippen molar-refractivity contribution in [3.63, 3.8) is 0 Å². The molecule has 0 saturated heterocycles. The Balaban J connectivity index is 2.43. The lowest BCUT2D eigenvalue weighted by Gasteiger charge is -2.10. The molecule has 0 saturated carbocycles. The molecule has 5 heteroatoms. The lowest BCUT2D eigenvalue weighted by molar-refractivity contribution is -0.121. The average Bonchev–Trinajstić information content (AvgIpc) is 2.28. The van der Waals surface area contributed by atoms with E-state index in [4.69, 9.17) is 16.9 Å². The van der Waals surface area contributed by atoms with E-state index in [-0.39, 0.29) is 11.9 Å². The van der Waals surface area contributed by atoms with Crippen molar-refractivity contribution >= 4 is 23.2 Å². The van der Waals surface area contributed by atoms with Gasteiger partial charge in [-0.15, -0.1) is 0 Å². The molecular formula is C13H16ClN3O. The van der Waals surface area contributed by atoms with Crippen LogP contribution in [0.5, 0.6) is 0 Å². The van der Waals surface area contributed by atoms with Crippen molar-refractivity contribution in [1.29, 1.82) is 5.26 Å². The van der Waals surface area contributed by atoms with E-state index in [1.165, 1.54) is 0 Å². The Labute approximate surface area is 112 Å². The molecule has 0 aliphatic carbocycles. The molecule has 0 fully saturated rings. The number of benzene rings is 1.